The maximum Gasteiger partial charge on any atom is 0.337 e. The van der Waals surface area contributed by atoms with E-state index in [1.807, 2.05) is 0 Å². The Bertz CT molecular complexity index is 622. The second kappa shape index (κ2) is 5.70. The lowest BCUT2D eigenvalue weighted by Gasteiger charge is -2.20. The maximum atomic E-state index is 12.0. The average Bonchev–Trinajstić information content (AvgIpc) is 2.59. The van der Waals surface area contributed by atoms with Crippen molar-refractivity contribution in [1.29, 1.82) is 0 Å². The van der Waals surface area contributed by atoms with Crippen LogP contribution in [0.25, 0.3) is 0 Å². The third-order valence-corrected chi connectivity index (χ3v) is 3.19. The van der Waals surface area contributed by atoms with E-state index in [0.29, 0.717) is 12.8 Å². The number of non-ortho nitro benzene ring substituents is 1. The van der Waals surface area contributed by atoms with E-state index in [1.54, 1.807) is 0 Å². The van der Waals surface area contributed by atoms with Gasteiger partial charge in [0.2, 0.25) is 11.8 Å². The number of imide groups is 1. The highest BCUT2D eigenvalue weighted by molar-refractivity contribution is 6.18. The largest absolute Gasteiger partial charge is 0.478 e. The van der Waals surface area contributed by atoms with Gasteiger partial charge in [0, 0.05) is 25.0 Å². The molecule has 8 nitrogen and oxygen atoms in total. The van der Waals surface area contributed by atoms with E-state index >= 15 is 0 Å². The average molecular weight is 292 g/mol. The Morgan fingerprint density at radius 1 is 1.19 bits per heavy atom. The zero-order chi connectivity index (χ0) is 15.6. The van der Waals surface area contributed by atoms with Gasteiger partial charge in [-0.15, -0.1) is 0 Å². The van der Waals surface area contributed by atoms with Crippen LogP contribution in [0.1, 0.15) is 36.0 Å². The third kappa shape index (κ3) is 2.88. The van der Waals surface area contributed by atoms with Gasteiger partial charge in [-0.25, -0.2) is 9.69 Å². The lowest BCUT2D eigenvalue weighted by Crippen LogP contribution is -2.36. The van der Waals surface area contributed by atoms with E-state index in [4.69, 9.17) is 5.11 Å². The first-order valence-electron chi connectivity index (χ1n) is 6.29. The molecule has 0 radical (unpaired) electrons. The highest BCUT2D eigenvalue weighted by atomic mass is 16.6. The van der Waals surface area contributed by atoms with Crippen LogP contribution in [0.3, 0.4) is 0 Å². The van der Waals surface area contributed by atoms with E-state index in [0.717, 1.165) is 23.1 Å². The molecule has 21 heavy (non-hydrogen) atoms. The first-order chi connectivity index (χ1) is 9.91. The van der Waals surface area contributed by atoms with Crippen molar-refractivity contribution in [2.45, 2.75) is 25.7 Å². The number of carboxylic acid groups (broad SMARTS) is 1. The highest BCUT2D eigenvalue weighted by Crippen LogP contribution is 2.29. The van der Waals surface area contributed by atoms with Crippen LogP contribution in [0.2, 0.25) is 0 Å². The summed E-state index contributed by atoms with van der Waals surface area (Å²) in [5.74, 6) is -2.44. The van der Waals surface area contributed by atoms with Crippen molar-refractivity contribution in [2.75, 3.05) is 4.90 Å². The summed E-state index contributed by atoms with van der Waals surface area (Å²) in [5.41, 5.74) is -0.933. The lowest BCUT2D eigenvalue weighted by molar-refractivity contribution is -0.384. The van der Waals surface area contributed by atoms with E-state index in [9.17, 15) is 24.5 Å². The zero-order valence-corrected chi connectivity index (χ0v) is 10.9. The molecule has 2 amide bonds. The monoisotopic (exact) mass is 292 g/mol. The fourth-order valence-electron chi connectivity index (χ4n) is 2.18. The summed E-state index contributed by atoms with van der Waals surface area (Å²) in [6.45, 7) is 0. The molecule has 1 saturated heterocycles. The van der Waals surface area contributed by atoms with Gasteiger partial charge >= 0.3 is 5.97 Å². The van der Waals surface area contributed by atoms with Gasteiger partial charge in [-0.3, -0.25) is 19.7 Å². The summed E-state index contributed by atoms with van der Waals surface area (Å²) < 4.78 is 0. The number of nitro benzene ring substituents is 1. The Morgan fingerprint density at radius 2 is 1.76 bits per heavy atom. The summed E-state index contributed by atoms with van der Waals surface area (Å²) in [7, 11) is 0. The van der Waals surface area contributed by atoms with Crippen molar-refractivity contribution in [2.24, 2.45) is 0 Å². The number of carbonyl (C=O) groups excluding carboxylic acids is 2. The van der Waals surface area contributed by atoms with Gasteiger partial charge in [-0.1, -0.05) is 0 Å². The van der Waals surface area contributed by atoms with Crippen molar-refractivity contribution in [1.82, 2.24) is 0 Å². The van der Waals surface area contributed by atoms with Crippen molar-refractivity contribution >= 4 is 29.2 Å². The van der Waals surface area contributed by atoms with Crippen LogP contribution >= 0.6 is 0 Å². The highest BCUT2D eigenvalue weighted by Gasteiger charge is 2.30. The quantitative estimate of drug-likeness (QED) is 0.515. The zero-order valence-electron chi connectivity index (χ0n) is 10.9. The number of amides is 2. The van der Waals surface area contributed by atoms with Crippen LogP contribution in [0.4, 0.5) is 11.4 Å². The Labute approximate surface area is 119 Å². The Hall–Kier alpha value is -2.77. The predicted octanol–water partition coefficient (Wildman–Crippen LogP) is 1.73. The molecule has 1 N–H and O–H groups in total. The maximum absolute atomic E-state index is 12.0. The predicted molar refractivity (Wildman–Crippen MR) is 71.0 cm³/mol. The normalized spacial score (nSPS) is 15.7. The molecule has 0 spiro atoms. The van der Waals surface area contributed by atoms with Crippen LogP contribution in [0.15, 0.2) is 18.2 Å². The molecule has 0 saturated carbocycles. The molecule has 1 aromatic rings. The third-order valence-electron chi connectivity index (χ3n) is 3.19. The molecule has 0 aromatic heterocycles. The first kappa shape index (κ1) is 14.6. The van der Waals surface area contributed by atoms with Crippen LogP contribution in [0.5, 0.6) is 0 Å². The number of rotatable bonds is 3. The number of nitro groups is 1. The summed E-state index contributed by atoms with van der Waals surface area (Å²) in [4.78, 5) is 46.1. The lowest BCUT2D eigenvalue weighted by atomic mass is 10.1. The number of anilines is 1. The Morgan fingerprint density at radius 3 is 2.24 bits per heavy atom. The van der Waals surface area contributed by atoms with Gasteiger partial charge in [-0.2, -0.15) is 0 Å². The number of carboxylic acids is 1. The topological polar surface area (TPSA) is 118 Å². The van der Waals surface area contributed by atoms with Gasteiger partial charge in [0.1, 0.15) is 0 Å². The molecule has 8 heteroatoms. The minimum absolute atomic E-state index is 0.105. The van der Waals surface area contributed by atoms with Crippen molar-refractivity contribution in [3.8, 4) is 0 Å². The molecule has 1 aliphatic heterocycles. The minimum Gasteiger partial charge on any atom is -0.478 e. The number of carbonyl (C=O) groups is 3. The van der Waals surface area contributed by atoms with Gasteiger partial charge < -0.3 is 5.11 Å². The van der Waals surface area contributed by atoms with Crippen LogP contribution in [-0.4, -0.2) is 27.8 Å². The van der Waals surface area contributed by atoms with Gasteiger partial charge in [0.15, 0.2) is 0 Å². The summed E-state index contributed by atoms with van der Waals surface area (Å²) in [5, 5.41) is 20.0. The molecule has 0 unspecified atom stereocenters. The van der Waals surface area contributed by atoms with Crippen LogP contribution in [0, 0.1) is 10.1 Å². The minimum atomic E-state index is -1.36. The SMILES string of the molecule is O=C(O)c1ccc([N+](=O)[O-])cc1N1C(=O)CCCCC1=O. The number of hydrogen-bond acceptors (Lipinski definition) is 5. The molecular formula is C13H12N2O6. The fraction of sp³-hybridized carbons (Fsp3) is 0.308. The summed E-state index contributed by atoms with van der Waals surface area (Å²) in [6.07, 6.45) is 1.26. The summed E-state index contributed by atoms with van der Waals surface area (Å²) >= 11 is 0. The molecule has 1 aliphatic rings. The van der Waals surface area contributed by atoms with Gasteiger partial charge in [0.25, 0.3) is 5.69 Å². The van der Waals surface area contributed by atoms with Gasteiger partial charge in [-0.05, 0) is 18.9 Å². The van der Waals surface area contributed by atoms with E-state index in [2.05, 4.69) is 0 Å². The number of nitrogens with zero attached hydrogens (tertiary/aromatic N) is 2. The fourth-order valence-corrected chi connectivity index (χ4v) is 2.18. The molecule has 1 fully saturated rings. The molecule has 1 aromatic carbocycles. The molecule has 2 rings (SSSR count). The van der Waals surface area contributed by atoms with Gasteiger partial charge in [0.05, 0.1) is 16.2 Å². The second-order valence-corrected chi connectivity index (χ2v) is 4.59. The van der Waals surface area contributed by atoms with E-state index < -0.39 is 22.7 Å². The smallest absolute Gasteiger partial charge is 0.337 e. The second-order valence-electron chi connectivity index (χ2n) is 4.59. The van der Waals surface area contributed by atoms with E-state index in [-0.39, 0.29) is 29.8 Å². The van der Waals surface area contributed by atoms with Crippen LogP contribution in [-0.2, 0) is 9.59 Å². The van der Waals surface area contributed by atoms with Crippen LogP contribution < -0.4 is 4.90 Å². The van der Waals surface area contributed by atoms with Crippen molar-refractivity contribution in [3.05, 3.63) is 33.9 Å². The Kier molecular flexibility index (Phi) is 3.97. The van der Waals surface area contributed by atoms with Crippen molar-refractivity contribution in [3.63, 3.8) is 0 Å². The Balaban J connectivity index is 2.60. The summed E-state index contributed by atoms with van der Waals surface area (Å²) in [6, 6.07) is 3.01. The number of hydrogen-bond donors (Lipinski definition) is 1. The molecular weight excluding hydrogens is 280 g/mol. The number of aromatic carboxylic acids is 1. The van der Waals surface area contributed by atoms with Crippen molar-refractivity contribution < 1.29 is 24.4 Å². The molecule has 0 aliphatic carbocycles. The standard InChI is InChI=1S/C13H12N2O6/c16-11-3-1-2-4-12(17)14(11)10-7-8(15(20)21)5-6-9(10)13(18)19/h5-7H,1-4H2,(H,18,19). The molecule has 0 bridgehead atoms. The molecule has 1 heterocycles. The first-order valence-corrected chi connectivity index (χ1v) is 6.29. The molecule has 110 valence electrons. The van der Waals surface area contributed by atoms with E-state index in [1.165, 1.54) is 0 Å². The number of benzene rings is 1. The molecule has 0 atom stereocenters.